The summed E-state index contributed by atoms with van der Waals surface area (Å²) in [7, 11) is 5.98. The van der Waals surface area contributed by atoms with Crippen molar-refractivity contribution >= 4 is 5.88 Å². The molecule has 1 heterocycles. The number of rotatable bonds is 3. The topological polar surface area (TPSA) is 56.3 Å². The molecule has 0 aliphatic rings. The summed E-state index contributed by atoms with van der Waals surface area (Å²) in [6.07, 6.45) is 0. The van der Waals surface area contributed by atoms with Crippen molar-refractivity contribution in [3.8, 4) is 0 Å². The molecule has 0 saturated carbocycles. The van der Waals surface area contributed by atoms with Crippen LogP contribution in [0.15, 0.2) is 16.5 Å². The quantitative estimate of drug-likeness (QED) is 0.406. The molecule has 1 rings (SSSR count). The summed E-state index contributed by atoms with van der Waals surface area (Å²) in [4.78, 5) is 9.76. The molecule has 1 aromatic rings. The van der Waals surface area contributed by atoms with Crippen LogP contribution in [0.3, 0.4) is 0 Å². The molecular weight excluding hydrogens is 172 g/mol. The third kappa shape index (κ3) is 2.87. The lowest BCUT2D eigenvalue weighted by Crippen LogP contribution is -2.33. The standard InChI is InChI=1S/C8H13N2O3/c1-10(2,3)6-7-4-5-8(13-7)9(11)12/h4-5H,6H2,1-3H3/q+1. The van der Waals surface area contributed by atoms with Crippen LogP contribution < -0.4 is 0 Å². The Hall–Kier alpha value is -1.36. The van der Waals surface area contributed by atoms with E-state index in [0.717, 1.165) is 0 Å². The van der Waals surface area contributed by atoms with Crippen LogP contribution in [0.1, 0.15) is 5.76 Å². The molecule has 13 heavy (non-hydrogen) atoms. The van der Waals surface area contributed by atoms with Gasteiger partial charge in [-0.05, 0) is 6.07 Å². The van der Waals surface area contributed by atoms with Gasteiger partial charge in [0.05, 0.1) is 27.2 Å². The average Bonchev–Trinajstić information content (AvgIpc) is 2.31. The minimum Gasteiger partial charge on any atom is -0.400 e. The van der Waals surface area contributed by atoms with Crippen molar-refractivity contribution in [1.82, 2.24) is 0 Å². The Bertz CT molecular complexity index is 311. The zero-order valence-corrected chi connectivity index (χ0v) is 7.98. The van der Waals surface area contributed by atoms with Crippen molar-refractivity contribution in [3.05, 3.63) is 28.0 Å². The molecule has 0 atom stereocenters. The highest BCUT2D eigenvalue weighted by Gasteiger charge is 2.16. The molecule has 0 N–H and O–H groups in total. The summed E-state index contributed by atoms with van der Waals surface area (Å²) in [6.45, 7) is 0.647. The highest BCUT2D eigenvalue weighted by Crippen LogP contribution is 2.17. The number of hydrogen-bond donors (Lipinski definition) is 0. The maximum Gasteiger partial charge on any atom is 0.433 e. The number of nitrogens with zero attached hydrogens (tertiary/aromatic N) is 2. The van der Waals surface area contributed by atoms with Crippen molar-refractivity contribution in [3.63, 3.8) is 0 Å². The molecule has 0 aliphatic heterocycles. The van der Waals surface area contributed by atoms with Gasteiger partial charge in [0.1, 0.15) is 11.5 Å². The van der Waals surface area contributed by atoms with E-state index in [2.05, 4.69) is 0 Å². The van der Waals surface area contributed by atoms with E-state index in [1.807, 2.05) is 21.1 Å². The molecule has 0 amide bonds. The van der Waals surface area contributed by atoms with Crippen LogP contribution >= 0.6 is 0 Å². The Morgan fingerprint density at radius 1 is 1.46 bits per heavy atom. The molecule has 72 valence electrons. The summed E-state index contributed by atoms with van der Waals surface area (Å²) in [5.41, 5.74) is 0. The molecule has 0 bridgehead atoms. The van der Waals surface area contributed by atoms with Gasteiger partial charge in [-0.25, -0.2) is 0 Å². The van der Waals surface area contributed by atoms with Crippen molar-refractivity contribution in [2.45, 2.75) is 6.54 Å². The van der Waals surface area contributed by atoms with Crippen LogP contribution in [-0.4, -0.2) is 30.5 Å². The highest BCUT2D eigenvalue weighted by atomic mass is 16.6. The van der Waals surface area contributed by atoms with Crippen LogP contribution in [0, 0.1) is 10.1 Å². The normalized spacial score (nSPS) is 11.6. The van der Waals surface area contributed by atoms with Crippen molar-refractivity contribution in [2.24, 2.45) is 0 Å². The second-order valence-corrected chi connectivity index (χ2v) is 3.95. The van der Waals surface area contributed by atoms with Gasteiger partial charge in [0.2, 0.25) is 0 Å². The number of nitro groups is 1. The van der Waals surface area contributed by atoms with E-state index in [1.54, 1.807) is 6.07 Å². The molecule has 0 fully saturated rings. The van der Waals surface area contributed by atoms with Crippen LogP contribution in [0.2, 0.25) is 0 Å². The monoisotopic (exact) mass is 185 g/mol. The van der Waals surface area contributed by atoms with E-state index >= 15 is 0 Å². The largest absolute Gasteiger partial charge is 0.433 e. The predicted molar refractivity (Wildman–Crippen MR) is 47.1 cm³/mol. The molecule has 0 saturated heterocycles. The smallest absolute Gasteiger partial charge is 0.400 e. The third-order valence-electron chi connectivity index (χ3n) is 1.46. The number of furan rings is 1. The van der Waals surface area contributed by atoms with Gasteiger partial charge in [-0.3, -0.25) is 10.1 Å². The fourth-order valence-electron chi connectivity index (χ4n) is 1.02. The summed E-state index contributed by atoms with van der Waals surface area (Å²) in [6, 6.07) is 3.02. The SMILES string of the molecule is C[N+](C)(C)Cc1ccc([N+](=O)[O-])o1. The van der Waals surface area contributed by atoms with Crippen molar-refractivity contribution < 1.29 is 13.8 Å². The van der Waals surface area contributed by atoms with Crippen LogP contribution in [0.4, 0.5) is 5.88 Å². The predicted octanol–water partition coefficient (Wildman–Crippen LogP) is 1.39. The van der Waals surface area contributed by atoms with Gasteiger partial charge in [-0.1, -0.05) is 0 Å². The van der Waals surface area contributed by atoms with E-state index < -0.39 is 4.92 Å². The lowest BCUT2D eigenvalue weighted by Gasteiger charge is -2.21. The first-order valence-corrected chi connectivity index (χ1v) is 3.92. The summed E-state index contributed by atoms with van der Waals surface area (Å²) < 4.78 is 5.69. The zero-order valence-electron chi connectivity index (χ0n) is 7.98. The first kappa shape index (κ1) is 9.73. The number of hydrogen-bond acceptors (Lipinski definition) is 3. The Labute approximate surface area is 76.3 Å². The van der Waals surface area contributed by atoms with Crippen LogP contribution in [-0.2, 0) is 6.54 Å². The molecule has 5 heteroatoms. The van der Waals surface area contributed by atoms with Crippen LogP contribution in [0.5, 0.6) is 0 Å². The van der Waals surface area contributed by atoms with Gasteiger partial charge in [0.25, 0.3) is 0 Å². The molecule has 1 aromatic heterocycles. The molecule has 0 unspecified atom stereocenters. The fraction of sp³-hybridized carbons (Fsp3) is 0.500. The first-order valence-electron chi connectivity index (χ1n) is 3.92. The average molecular weight is 185 g/mol. The van der Waals surface area contributed by atoms with Gasteiger partial charge in [0, 0.05) is 0 Å². The molecule has 0 aliphatic carbocycles. The fourth-order valence-corrected chi connectivity index (χ4v) is 1.02. The van der Waals surface area contributed by atoms with Gasteiger partial charge in [-0.2, -0.15) is 0 Å². The lowest BCUT2D eigenvalue weighted by atomic mass is 10.4. The zero-order chi connectivity index (χ0) is 10.1. The maximum atomic E-state index is 10.3. The van der Waals surface area contributed by atoms with E-state index in [9.17, 15) is 10.1 Å². The molecule has 0 radical (unpaired) electrons. The molecule has 0 aromatic carbocycles. The van der Waals surface area contributed by atoms with Gasteiger partial charge in [0.15, 0.2) is 5.76 Å². The second-order valence-electron chi connectivity index (χ2n) is 3.95. The van der Waals surface area contributed by atoms with Gasteiger partial charge >= 0.3 is 5.88 Å². The Morgan fingerprint density at radius 2 is 2.08 bits per heavy atom. The number of quaternary nitrogens is 1. The minimum atomic E-state index is -0.529. The van der Waals surface area contributed by atoms with Gasteiger partial charge < -0.3 is 8.90 Å². The molecule has 0 spiro atoms. The lowest BCUT2D eigenvalue weighted by molar-refractivity contribution is -0.884. The van der Waals surface area contributed by atoms with Crippen molar-refractivity contribution in [2.75, 3.05) is 21.1 Å². The van der Waals surface area contributed by atoms with E-state index in [4.69, 9.17) is 4.42 Å². The molecule has 5 nitrogen and oxygen atoms in total. The first-order chi connectivity index (χ1) is 5.88. The highest BCUT2D eigenvalue weighted by molar-refractivity contribution is 5.17. The summed E-state index contributed by atoms with van der Waals surface area (Å²) in [5.74, 6) is 0.447. The van der Waals surface area contributed by atoms with E-state index in [0.29, 0.717) is 16.8 Å². The Morgan fingerprint density at radius 3 is 2.46 bits per heavy atom. The Kier molecular flexibility index (Phi) is 2.38. The van der Waals surface area contributed by atoms with E-state index in [-0.39, 0.29) is 5.88 Å². The summed E-state index contributed by atoms with van der Waals surface area (Å²) in [5, 5.41) is 10.3. The third-order valence-corrected chi connectivity index (χ3v) is 1.46. The van der Waals surface area contributed by atoms with Crippen molar-refractivity contribution in [1.29, 1.82) is 0 Å². The summed E-state index contributed by atoms with van der Waals surface area (Å²) >= 11 is 0. The van der Waals surface area contributed by atoms with E-state index in [1.165, 1.54) is 6.07 Å². The minimum absolute atomic E-state index is 0.191. The van der Waals surface area contributed by atoms with Gasteiger partial charge in [-0.15, -0.1) is 0 Å². The maximum absolute atomic E-state index is 10.3. The van der Waals surface area contributed by atoms with Crippen LogP contribution in [0.25, 0.3) is 0 Å². The molecular formula is C8H13N2O3+. The second kappa shape index (κ2) is 3.18. The Balaban J connectivity index is 2.75.